The molecule has 1 fully saturated rings. The van der Waals surface area contributed by atoms with Crippen molar-refractivity contribution in [3.63, 3.8) is 0 Å². The molecule has 0 spiro atoms. The van der Waals surface area contributed by atoms with Gasteiger partial charge in [0.15, 0.2) is 11.5 Å². The van der Waals surface area contributed by atoms with E-state index < -0.39 is 0 Å². The lowest BCUT2D eigenvalue weighted by Crippen LogP contribution is -2.07. The molecule has 0 amide bonds. The number of rotatable bonds is 1. The average Bonchev–Trinajstić information content (AvgIpc) is 2.87. The summed E-state index contributed by atoms with van der Waals surface area (Å²) in [6, 6.07) is 7.61. The van der Waals surface area contributed by atoms with E-state index in [1.54, 1.807) is 0 Å². The smallest absolute Gasteiger partial charge is 0.165 e. The summed E-state index contributed by atoms with van der Waals surface area (Å²) in [5.74, 6) is 1.37. The highest BCUT2D eigenvalue weighted by molar-refractivity contribution is 5.85. The van der Waals surface area contributed by atoms with E-state index in [9.17, 15) is 5.11 Å². The van der Waals surface area contributed by atoms with Crippen molar-refractivity contribution < 1.29 is 9.52 Å². The van der Waals surface area contributed by atoms with Gasteiger partial charge in [0.05, 0.1) is 5.39 Å². The Balaban J connectivity index is 2.14. The Labute approximate surface area is 87.7 Å². The molecule has 0 saturated carbocycles. The number of hydrogen-bond donors (Lipinski definition) is 2. The maximum absolute atomic E-state index is 10.0. The fraction of sp³-hybridized carbons (Fsp3) is 0.333. The topological polar surface area (TPSA) is 45.4 Å². The SMILES string of the molecule is Oc1c(C2CCNC2)oc2ccccc12. The molecule has 2 heterocycles. The second-order valence-electron chi connectivity index (χ2n) is 4.00. The van der Waals surface area contributed by atoms with Gasteiger partial charge < -0.3 is 14.8 Å². The Hall–Kier alpha value is -1.48. The van der Waals surface area contributed by atoms with Crippen LogP contribution < -0.4 is 5.32 Å². The molecule has 3 nitrogen and oxygen atoms in total. The summed E-state index contributed by atoms with van der Waals surface area (Å²) in [4.78, 5) is 0. The molecule has 0 bridgehead atoms. The highest BCUT2D eigenvalue weighted by Crippen LogP contribution is 2.38. The van der Waals surface area contributed by atoms with E-state index in [1.165, 1.54) is 0 Å². The molecule has 1 atom stereocenters. The van der Waals surface area contributed by atoms with Crippen LogP contribution in [0, 0.1) is 0 Å². The molecule has 1 unspecified atom stereocenters. The summed E-state index contributed by atoms with van der Waals surface area (Å²) in [6.45, 7) is 1.90. The summed E-state index contributed by atoms with van der Waals surface area (Å²) in [6.07, 6.45) is 1.04. The summed E-state index contributed by atoms with van der Waals surface area (Å²) < 4.78 is 5.69. The van der Waals surface area contributed by atoms with E-state index in [-0.39, 0.29) is 0 Å². The van der Waals surface area contributed by atoms with E-state index in [4.69, 9.17) is 4.42 Å². The zero-order valence-corrected chi connectivity index (χ0v) is 8.36. The molecule has 2 N–H and O–H groups in total. The fourth-order valence-corrected chi connectivity index (χ4v) is 2.21. The first-order valence-corrected chi connectivity index (χ1v) is 5.27. The van der Waals surface area contributed by atoms with Gasteiger partial charge in [-0.1, -0.05) is 12.1 Å². The first-order chi connectivity index (χ1) is 7.36. The minimum Gasteiger partial charge on any atom is -0.504 e. The third-order valence-corrected chi connectivity index (χ3v) is 3.03. The van der Waals surface area contributed by atoms with Gasteiger partial charge in [-0.2, -0.15) is 0 Å². The largest absolute Gasteiger partial charge is 0.504 e. The van der Waals surface area contributed by atoms with Crippen LogP contribution in [-0.2, 0) is 0 Å². The van der Waals surface area contributed by atoms with Crippen LogP contribution in [0.1, 0.15) is 18.1 Å². The zero-order valence-electron chi connectivity index (χ0n) is 8.36. The van der Waals surface area contributed by atoms with Crippen molar-refractivity contribution in [2.24, 2.45) is 0 Å². The van der Waals surface area contributed by atoms with E-state index >= 15 is 0 Å². The summed E-state index contributed by atoms with van der Waals surface area (Å²) in [5.41, 5.74) is 0.775. The number of aromatic hydroxyl groups is 1. The van der Waals surface area contributed by atoms with Gasteiger partial charge in [0, 0.05) is 12.5 Å². The summed E-state index contributed by atoms with van der Waals surface area (Å²) >= 11 is 0. The number of para-hydroxylation sites is 1. The summed E-state index contributed by atoms with van der Waals surface area (Å²) in [5, 5.41) is 14.1. The lowest BCUT2D eigenvalue weighted by atomic mass is 10.0. The first kappa shape index (κ1) is 8.80. The standard InChI is InChI=1S/C12H13NO2/c14-11-9-3-1-2-4-10(9)15-12(11)8-5-6-13-7-8/h1-4,8,13-14H,5-7H2. The van der Waals surface area contributed by atoms with E-state index in [2.05, 4.69) is 5.32 Å². The van der Waals surface area contributed by atoms with Crippen molar-refractivity contribution in [3.05, 3.63) is 30.0 Å². The van der Waals surface area contributed by atoms with Crippen molar-refractivity contribution in [3.8, 4) is 5.75 Å². The first-order valence-electron chi connectivity index (χ1n) is 5.27. The molecule has 1 saturated heterocycles. The molecule has 1 aromatic heterocycles. The predicted octanol–water partition coefficient (Wildman–Crippen LogP) is 2.22. The Kier molecular flexibility index (Phi) is 1.92. The fourth-order valence-electron chi connectivity index (χ4n) is 2.21. The Morgan fingerprint density at radius 2 is 2.20 bits per heavy atom. The van der Waals surface area contributed by atoms with Crippen LogP contribution in [0.4, 0.5) is 0 Å². The molecule has 3 heteroatoms. The minimum absolute atomic E-state index is 0.317. The van der Waals surface area contributed by atoms with E-state index in [1.807, 2.05) is 24.3 Å². The highest BCUT2D eigenvalue weighted by atomic mass is 16.4. The molecule has 1 aromatic carbocycles. The van der Waals surface area contributed by atoms with Gasteiger partial charge in [-0.15, -0.1) is 0 Å². The molecule has 0 radical (unpaired) electrons. The summed E-state index contributed by atoms with van der Waals surface area (Å²) in [7, 11) is 0. The molecule has 2 aromatic rings. The Morgan fingerprint density at radius 1 is 1.33 bits per heavy atom. The van der Waals surface area contributed by atoms with Crippen molar-refractivity contribution >= 4 is 11.0 Å². The number of hydrogen-bond acceptors (Lipinski definition) is 3. The quantitative estimate of drug-likeness (QED) is 0.747. The van der Waals surface area contributed by atoms with Crippen molar-refractivity contribution in [2.75, 3.05) is 13.1 Å². The van der Waals surface area contributed by atoms with Gasteiger partial charge in [-0.25, -0.2) is 0 Å². The van der Waals surface area contributed by atoms with Gasteiger partial charge in [0.1, 0.15) is 5.58 Å². The van der Waals surface area contributed by atoms with Crippen molar-refractivity contribution in [2.45, 2.75) is 12.3 Å². The van der Waals surface area contributed by atoms with Gasteiger partial charge in [0.25, 0.3) is 0 Å². The van der Waals surface area contributed by atoms with Gasteiger partial charge in [0.2, 0.25) is 0 Å². The minimum atomic E-state index is 0.317. The number of fused-ring (bicyclic) bond motifs is 1. The maximum atomic E-state index is 10.0. The van der Waals surface area contributed by atoms with Gasteiger partial charge >= 0.3 is 0 Å². The van der Waals surface area contributed by atoms with Crippen LogP contribution in [0.3, 0.4) is 0 Å². The third kappa shape index (κ3) is 1.31. The normalized spacial score (nSPS) is 21.2. The molecule has 3 rings (SSSR count). The van der Waals surface area contributed by atoms with Gasteiger partial charge in [-0.3, -0.25) is 0 Å². The number of benzene rings is 1. The lowest BCUT2D eigenvalue weighted by Gasteiger charge is -2.03. The Bertz CT molecular complexity index is 483. The Morgan fingerprint density at radius 3 is 2.93 bits per heavy atom. The molecule has 1 aliphatic heterocycles. The van der Waals surface area contributed by atoms with Crippen LogP contribution in [0.15, 0.2) is 28.7 Å². The van der Waals surface area contributed by atoms with E-state index in [0.717, 1.165) is 36.2 Å². The van der Waals surface area contributed by atoms with E-state index in [0.29, 0.717) is 11.7 Å². The van der Waals surface area contributed by atoms with Crippen LogP contribution >= 0.6 is 0 Å². The average molecular weight is 203 g/mol. The van der Waals surface area contributed by atoms with Crippen LogP contribution in [0.25, 0.3) is 11.0 Å². The zero-order chi connectivity index (χ0) is 10.3. The second kappa shape index (κ2) is 3.28. The molecular formula is C12H13NO2. The molecule has 1 aliphatic rings. The molecular weight excluding hydrogens is 190 g/mol. The predicted molar refractivity (Wildman–Crippen MR) is 58.1 cm³/mol. The van der Waals surface area contributed by atoms with Crippen LogP contribution in [0.2, 0.25) is 0 Å². The lowest BCUT2D eigenvalue weighted by molar-refractivity contribution is 0.423. The van der Waals surface area contributed by atoms with Gasteiger partial charge in [-0.05, 0) is 25.1 Å². The number of nitrogens with one attached hydrogen (secondary N) is 1. The van der Waals surface area contributed by atoms with Crippen molar-refractivity contribution in [1.29, 1.82) is 0 Å². The third-order valence-electron chi connectivity index (χ3n) is 3.03. The van der Waals surface area contributed by atoms with Crippen LogP contribution in [0.5, 0.6) is 5.75 Å². The van der Waals surface area contributed by atoms with Crippen molar-refractivity contribution in [1.82, 2.24) is 5.32 Å². The van der Waals surface area contributed by atoms with Crippen LogP contribution in [-0.4, -0.2) is 18.2 Å². The monoisotopic (exact) mass is 203 g/mol. The molecule has 78 valence electrons. The second-order valence-corrected chi connectivity index (χ2v) is 4.00. The number of furan rings is 1. The highest BCUT2D eigenvalue weighted by Gasteiger charge is 2.24. The molecule has 15 heavy (non-hydrogen) atoms. The molecule has 0 aliphatic carbocycles. The maximum Gasteiger partial charge on any atom is 0.165 e.